The molecular weight excluding hydrogens is 270 g/mol. The van der Waals surface area contributed by atoms with Crippen LogP contribution in [0.1, 0.15) is 26.7 Å². The Kier molecular flexibility index (Phi) is 3.92. The first-order valence-electron chi connectivity index (χ1n) is 7.94. The zero-order valence-electron chi connectivity index (χ0n) is 12.7. The minimum atomic E-state index is -0.556. The van der Waals surface area contributed by atoms with Gasteiger partial charge in [0.25, 0.3) is 0 Å². The Balaban J connectivity index is 1.48. The Morgan fingerprint density at radius 1 is 1.24 bits per heavy atom. The van der Waals surface area contributed by atoms with Gasteiger partial charge in [0.05, 0.1) is 24.8 Å². The van der Waals surface area contributed by atoms with Gasteiger partial charge in [-0.15, -0.1) is 0 Å². The topological polar surface area (TPSA) is 84.7 Å². The molecule has 2 bridgehead atoms. The summed E-state index contributed by atoms with van der Waals surface area (Å²) in [5, 5.41) is 2.66. The Morgan fingerprint density at radius 2 is 1.81 bits per heavy atom. The van der Waals surface area contributed by atoms with Crippen LogP contribution < -0.4 is 11.1 Å². The third-order valence-corrected chi connectivity index (χ3v) is 5.24. The van der Waals surface area contributed by atoms with Crippen molar-refractivity contribution < 1.29 is 14.3 Å². The molecule has 3 rings (SSSR count). The fourth-order valence-corrected chi connectivity index (χ4v) is 3.86. The van der Waals surface area contributed by atoms with E-state index in [1.165, 1.54) is 0 Å². The van der Waals surface area contributed by atoms with Crippen LogP contribution in [0.5, 0.6) is 0 Å². The highest BCUT2D eigenvalue weighted by Crippen LogP contribution is 2.47. The fourth-order valence-electron chi connectivity index (χ4n) is 3.86. The molecule has 0 radical (unpaired) electrons. The van der Waals surface area contributed by atoms with Gasteiger partial charge in [-0.2, -0.15) is 0 Å². The van der Waals surface area contributed by atoms with Crippen molar-refractivity contribution in [3.8, 4) is 0 Å². The number of carbonyl (C=O) groups excluding carboxylic acids is 2. The zero-order chi connectivity index (χ0) is 15.1. The largest absolute Gasteiger partial charge is 0.374 e. The summed E-state index contributed by atoms with van der Waals surface area (Å²) >= 11 is 0. The number of amides is 2. The van der Waals surface area contributed by atoms with Gasteiger partial charge in [0.2, 0.25) is 11.8 Å². The van der Waals surface area contributed by atoms with Crippen molar-refractivity contribution in [1.29, 1.82) is 0 Å². The normalized spacial score (nSPS) is 35.1. The summed E-state index contributed by atoms with van der Waals surface area (Å²) in [7, 11) is 0. The van der Waals surface area contributed by atoms with Gasteiger partial charge in [0, 0.05) is 24.9 Å². The molecule has 3 N–H and O–H groups in total. The van der Waals surface area contributed by atoms with Gasteiger partial charge in [0.15, 0.2) is 0 Å². The maximum Gasteiger partial charge on any atom is 0.241 e. The summed E-state index contributed by atoms with van der Waals surface area (Å²) in [4.78, 5) is 25.9. The number of ether oxygens (including phenoxy) is 1. The van der Waals surface area contributed by atoms with Gasteiger partial charge in [0.1, 0.15) is 0 Å². The average Bonchev–Trinajstić information content (AvgIpc) is 3.14. The summed E-state index contributed by atoms with van der Waals surface area (Å²) < 4.78 is 5.90. The number of likely N-dealkylation sites (tertiary alicyclic amines) is 1. The minimum Gasteiger partial charge on any atom is -0.374 e. The van der Waals surface area contributed by atoms with E-state index < -0.39 is 6.04 Å². The summed E-state index contributed by atoms with van der Waals surface area (Å²) in [5.41, 5.74) is 5.77. The third kappa shape index (κ3) is 2.66. The van der Waals surface area contributed by atoms with Crippen LogP contribution >= 0.6 is 0 Å². The van der Waals surface area contributed by atoms with Crippen molar-refractivity contribution in [1.82, 2.24) is 10.2 Å². The molecule has 3 heterocycles. The van der Waals surface area contributed by atoms with E-state index in [0.29, 0.717) is 24.0 Å². The highest BCUT2D eigenvalue weighted by Gasteiger charge is 2.53. The second-order valence-corrected chi connectivity index (χ2v) is 6.90. The highest BCUT2D eigenvalue weighted by atomic mass is 16.5. The number of nitrogens with one attached hydrogen (secondary N) is 1. The Bertz CT molecular complexity index is 422. The molecule has 3 aliphatic rings. The summed E-state index contributed by atoms with van der Waals surface area (Å²) in [6.07, 6.45) is 2.96. The van der Waals surface area contributed by atoms with E-state index in [2.05, 4.69) is 5.32 Å². The van der Waals surface area contributed by atoms with Crippen molar-refractivity contribution in [2.75, 3.05) is 19.6 Å². The molecule has 0 aliphatic carbocycles. The number of hydrogen-bond donors (Lipinski definition) is 2. The van der Waals surface area contributed by atoms with Crippen LogP contribution in [-0.2, 0) is 14.3 Å². The van der Waals surface area contributed by atoms with Gasteiger partial charge in [-0.25, -0.2) is 0 Å². The van der Waals surface area contributed by atoms with Crippen LogP contribution in [0, 0.1) is 17.8 Å². The van der Waals surface area contributed by atoms with Crippen molar-refractivity contribution in [2.45, 2.75) is 44.9 Å². The van der Waals surface area contributed by atoms with Gasteiger partial charge in [-0.1, -0.05) is 13.8 Å². The van der Waals surface area contributed by atoms with Gasteiger partial charge in [-0.3, -0.25) is 9.59 Å². The molecule has 0 aromatic rings. The molecule has 2 amide bonds. The lowest BCUT2D eigenvalue weighted by molar-refractivity contribution is -0.133. The van der Waals surface area contributed by atoms with Crippen LogP contribution in [0.2, 0.25) is 0 Å². The molecule has 3 fully saturated rings. The maximum absolute atomic E-state index is 12.2. The molecule has 4 unspecified atom stereocenters. The monoisotopic (exact) mass is 295 g/mol. The molecule has 5 atom stereocenters. The lowest BCUT2D eigenvalue weighted by Gasteiger charge is -2.20. The number of nitrogens with two attached hydrogens (primary N) is 1. The smallest absolute Gasteiger partial charge is 0.241 e. The van der Waals surface area contributed by atoms with E-state index in [4.69, 9.17) is 10.5 Å². The van der Waals surface area contributed by atoms with Crippen molar-refractivity contribution >= 4 is 11.8 Å². The number of carbonyl (C=O) groups is 2. The first-order valence-corrected chi connectivity index (χ1v) is 7.94. The first-order chi connectivity index (χ1) is 9.97. The fraction of sp³-hybridized carbons (Fsp3) is 0.867. The Morgan fingerprint density at radius 3 is 2.33 bits per heavy atom. The van der Waals surface area contributed by atoms with E-state index in [-0.39, 0.29) is 24.3 Å². The van der Waals surface area contributed by atoms with Crippen LogP contribution in [0.25, 0.3) is 0 Å². The lowest BCUT2D eigenvalue weighted by atomic mass is 9.82. The molecule has 3 aliphatic heterocycles. The van der Waals surface area contributed by atoms with Crippen LogP contribution in [-0.4, -0.2) is 54.6 Å². The molecule has 0 spiro atoms. The molecule has 0 aromatic carbocycles. The van der Waals surface area contributed by atoms with E-state index in [9.17, 15) is 9.59 Å². The van der Waals surface area contributed by atoms with E-state index in [0.717, 1.165) is 25.9 Å². The first kappa shape index (κ1) is 14.8. The van der Waals surface area contributed by atoms with Crippen molar-refractivity contribution in [2.24, 2.45) is 23.5 Å². The summed E-state index contributed by atoms with van der Waals surface area (Å²) in [6, 6.07) is -0.556. The van der Waals surface area contributed by atoms with E-state index >= 15 is 0 Å². The average molecular weight is 295 g/mol. The van der Waals surface area contributed by atoms with Gasteiger partial charge < -0.3 is 20.7 Å². The van der Waals surface area contributed by atoms with Crippen LogP contribution in [0.4, 0.5) is 0 Å². The van der Waals surface area contributed by atoms with E-state index in [1.54, 1.807) is 0 Å². The van der Waals surface area contributed by atoms with Crippen LogP contribution in [0.15, 0.2) is 0 Å². The molecule has 0 saturated carbocycles. The predicted molar refractivity (Wildman–Crippen MR) is 77.3 cm³/mol. The second kappa shape index (κ2) is 5.57. The summed E-state index contributed by atoms with van der Waals surface area (Å²) in [6.45, 7) is 5.38. The number of hydrogen-bond acceptors (Lipinski definition) is 4. The molecule has 118 valence electrons. The quantitative estimate of drug-likeness (QED) is 0.747. The number of rotatable bonds is 4. The van der Waals surface area contributed by atoms with Gasteiger partial charge >= 0.3 is 0 Å². The number of fused-ring (bicyclic) bond motifs is 5. The van der Waals surface area contributed by atoms with Gasteiger partial charge in [-0.05, 0) is 18.8 Å². The molecular formula is C15H25N3O3. The molecule has 21 heavy (non-hydrogen) atoms. The van der Waals surface area contributed by atoms with Crippen LogP contribution in [0.3, 0.4) is 0 Å². The highest BCUT2D eigenvalue weighted by molar-refractivity contribution is 5.87. The zero-order valence-corrected chi connectivity index (χ0v) is 12.7. The second-order valence-electron chi connectivity index (χ2n) is 6.90. The van der Waals surface area contributed by atoms with E-state index in [1.807, 2.05) is 18.7 Å². The molecule has 0 aromatic heterocycles. The van der Waals surface area contributed by atoms with Crippen molar-refractivity contribution in [3.05, 3.63) is 0 Å². The minimum absolute atomic E-state index is 0.00638. The summed E-state index contributed by atoms with van der Waals surface area (Å²) in [5.74, 6) is 0.816. The number of nitrogens with zero attached hydrogens (tertiary/aromatic N) is 1. The third-order valence-electron chi connectivity index (χ3n) is 5.24. The molecule has 6 heteroatoms. The predicted octanol–water partition coefficient (Wildman–Crippen LogP) is -0.278. The van der Waals surface area contributed by atoms with Crippen molar-refractivity contribution in [3.63, 3.8) is 0 Å². The Hall–Kier alpha value is -1.14. The Labute approximate surface area is 125 Å². The molecule has 3 saturated heterocycles. The lowest BCUT2D eigenvalue weighted by Crippen LogP contribution is -2.47. The SMILES string of the molecule is CC(C)[C@H](N)C(=O)NCC(=O)N1CC2C3CCC(O3)C2C1. The molecule has 6 nitrogen and oxygen atoms in total. The standard InChI is InChI=1S/C15H25N3O3/c1-8(2)14(16)15(20)17-5-13(19)18-6-9-10(7-18)12-4-3-11(9)21-12/h8-12,14H,3-7,16H2,1-2H3,(H,17,20)/t9?,10?,11?,12?,14-/m0/s1. The maximum atomic E-state index is 12.2.